The van der Waals surface area contributed by atoms with Gasteiger partial charge >= 0.3 is 5.97 Å². The first-order chi connectivity index (χ1) is 22.9. The molecule has 0 atom stereocenters. The number of esters is 1. The van der Waals surface area contributed by atoms with Gasteiger partial charge in [-0.25, -0.2) is 4.79 Å². The first-order valence-electron chi connectivity index (χ1n) is 15.8. The van der Waals surface area contributed by atoms with E-state index in [2.05, 4.69) is 47.9 Å². The van der Waals surface area contributed by atoms with Crippen LogP contribution in [-0.4, -0.2) is 43.3 Å². The molecule has 3 aromatic heterocycles. The second kappa shape index (κ2) is 12.3. The summed E-state index contributed by atoms with van der Waals surface area (Å²) in [5, 5.41) is 13.7. The van der Waals surface area contributed by atoms with E-state index in [0.717, 1.165) is 77.6 Å². The Morgan fingerprint density at radius 3 is 2.68 bits per heavy atom. The Morgan fingerprint density at radius 2 is 1.79 bits per heavy atom. The summed E-state index contributed by atoms with van der Waals surface area (Å²) in [6.07, 6.45) is 1.34. The van der Waals surface area contributed by atoms with Crippen LogP contribution in [-0.2, 0) is 49.1 Å². The van der Waals surface area contributed by atoms with Gasteiger partial charge < -0.3 is 14.0 Å². The number of hydrogen-bond donors (Lipinski definition) is 0. The number of rotatable bonds is 0. The van der Waals surface area contributed by atoms with Gasteiger partial charge in [0.1, 0.15) is 11.4 Å². The van der Waals surface area contributed by atoms with Gasteiger partial charge in [-0.3, -0.25) is 9.36 Å². The Labute approximate surface area is 286 Å². The summed E-state index contributed by atoms with van der Waals surface area (Å²) < 4.78 is 18.1. The quantitative estimate of drug-likeness (QED) is 0.150. The maximum atomic E-state index is 13.4. The maximum absolute atomic E-state index is 13.4. The van der Waals surface area contributed by atoms with Crippen molar-refractivity contribution in [1.82, 2.24) is 24.1 Å². The fraction of sp³-hybridized carbons (Fsp3) is 0.306. The molecule has 0 N–H and O–H groups in total. The number of carbonyl (C=O) groups excluding carboxylic acids is 1. The lowest BCUT2D eigenvalue weighted by Gasteiger charge is -2.16. The largest absolute Gasteiger partial charge is 0.493 e. The Hall–Kier alpha value is -3.86. The van der Waals surface area contributed by atoms with E-state index in [1.165, 1.54) is 5.69 Å². The minimum Gasteiger partial charge on any atom is -0.493 e. The van der Waals surface area contributed by atoms with Crippen LogP contribution < -0.4 is 4.74 Å². The van der Waals surface area contributed by atoms with E-state index < -0.39 is 0 Å². The molecule has 8 nitrogen and oxygen atoms in total. The smallest absolute Gasteiger partial charge is 0.355 e. The van der Waals surface area contributed by atoms with Crippen molar-refractivity contribution in [2.75, 3.05) is 13.2 Å². The first-order valence-corrected chi connectivity index (χ1v) is 18.3. The van der Waals surface area contributed by atoms with Crippen LogP contribution in [0.4, 0.5) is 0 Å². The normalized spacial score (nSPS) is 15.6. The average Bonchev–Trinajstić information content (AvgIpc) is 3.68. The number of nitrogens with zero attached hydrogens (tertiary/aromatic N) is 5. The number of fused-ring (bicyclic) bond motifs is 10. The maximum Gasteiger partial charge on any atom is 0.355 e. The Kier molecular flexibility index (Phi) is 7.98. The zero-order valence-corrected chi connectivity index (χ0v) is 28.9. The molecule has 0 radical (unpaired) electrons. The lowest BCUT2D eigenvalue weighted by molar-refractivity contribution is 0.0467. The summed E-state index contributed by atoms with van der Waals surface area (Å²) in [5.41, 5.74) is 8.79. The van der Waals surface area contributed by atoms with Crippen molar-refractivity contribution in [3.05, 3.63) is 93.7 Å². The van der Waals surface area contributed by atoms with Gasteiger partial charge in [0.2, 0.25) is 0 Å². The molecule has 5 heterocycles. The standard InChI is InChI=1S/C36H34ClN5O3S2/c1-21-32-29(39-40(21)2)20-46-18-23-16-24(41(3)38-23)19-47-25-15-22-7-4-5-8-26(22)31(17-25)44-13-6-12-42-30-10-9-28(37)34(32)33(30)27-11-14-45-36(43)35(27)42/h4-5,7-10,15-17H,6,11-14,18-20H2,1-3H3. The molecule has 2 aliphatic heterocycles. The molecular weight excluding hydrogens is 650 g/mol. The molecule has 8 bridgehead atoms. The molecule has 0 amide bonds. The molecule has 0 saturated heterocycles. The monoisotopic (exact) mass is 683 g/mol. The molecule has 240 valence electrons. The number of carbonyl (C=O) groups is 1. The molecule has 3 aromatic carbocycles. The van der Waals surface area contributed by atoms with Crippen LogP contribution in [0.3, 0.4) is 0 Å². The highest BCUT2D eigenvalue weighted by atomic mass is 35.5. The lowest BCUT2D eigenvalue weighted by Crippen LogP contribution is -2.21. The van der Waals surface area contributed by atoms with Crippen LogP contribution in [0.2, 0.25) is 5.02 Å². The van der Waals surface area contributed by atoms with Gasteiger partial charge in [-0.15, -0.1) is 23.5 Å². The SMILES string of the molecule is Cc1c2c(nn1C)CSCc1cc(n(C)n1)CSc1cc(c3ccccc3c1)OCCCn1c3c(c4c-2c(Cl)ccc41)CCOC3=O. The molecule has 47 heavy (non-hydrogen) atoms. The van der Waals surface area contributed by atoms with Crippen molar-refractivity contribution >= 4 is 62.8 Å². The first kappa shape index (κ1) is 30.5. The van der Waals surface area contributed by atoms with E-state index in [1.54, 1.807) is 23.5 Å². The van der Waals surface area contributed by atoms with Gasteiger partial charge in [-0.1, -0.05) is 35.9 Å². The number of hydrogen-bond acceptors (Lipinski definition) is 7. The summed E-state index contributed by atoms with van der Waals surface area (Å²) >= 11 is 10.7. The summed E-state index contributed by atoms with van der Waals surface area (Å²) in [6, 6.07) is 18.9. The molecule has 0 spiro atoms. The molecule has 11 heteroatoms. The van der Waals surface area contributed by atoms with Gasteiger partial charge in [0, 0.05) is 93.0 Å². The van der Waals surface area contributed by atoms with Crippen molar-refractivity contribution in [2.45, 2.75) is 48.5 Å². The summed E-state index contributed by atoms with van der Waals surface area (Å²) in [4.78, 5) is 14.5. The molecule has 0 aliphatic carbocycles. The van der Waals surface area contributed by atoms with E-state index in [-0.39, 0.29) is 5.97 Å². The third kappa shape index (κ3) is 5.40. The molecule has 8 rings (SSSR count). The van der Waals surface area contributed by atoms with E-state index >= 15 is 0 Å². The van der Waals surface area contributed by atoms with Crippen molar-refractivity contribution in [1.29, 1.82) is 0 Å². The van der Waals surface area contributed by atoms with Crippen LogP contribution in [0.1, 0.15) is 45.2 Å². The zero-order valence-electron chi connectivity index (χ0n) is 26.5. The second-order valence-electron chi connectivity index (χ2n) is 12.1. The number of benzene rings is 3. The predicted molar refractivity (Wildman–Crippen MR) is 190 cm³/mol. The third-order valence-electron chi connectivity index (χ3n) is 9.20. The summed E-state index contributed by atoms with van der Waals surface area (Å²) in [6.45, 7) is 3.54. The molecule has 6 aromatic rings. The highest BCUT2D eigenvalue weighted by Crippen LogP contribution is 2.44. The van der Waals surface area contributed by atoms with Crippen molar-refractivity contribution in [3.63, 3.8) is 0 Å². The van der Waals surface area contributed by atoms with Crippen LogP contribution in [0.5, 0.6) is 5.75 Å². The van der Waals surface area contributed by atoms with E-state index in [9.17, 15) is 4.79 Å². The molecule has 0 fully saturated rings. The second-order valence-corrected chi connectivity index (χ2v) is 14.5. The van der Waals surface area contributed by atoms with Crippen molar-refractivity contribution < 1.29 is 14.3 Å². The Bertz CT molecular complexity index is 2200. The fourth-order valence-electron chi connectivity index (χ4n) is 6.91. The molecular formula is C36H34ClN5O3S2. The van der Waals surface area contributed by atoms with Crippen molar-refractivity contribution in [2.24, 2.45) is 14.1 Å². The number of cyclic esters (lactones) is 1. The number of ether oxygens (including phenoxy) is 2. The number of aromatic nitrogens is 5. The minimum absolute atomic E-state index is 0.288. The van der Waals surface area contributed by atoms with Crippen LogP contribution in [0, 0.1) is 6.92 Å². The van der Waals surface area contributed by atoms with Gasteiger partial charge in [-0.2, -0.15) is 10.2 Å². The molecule has 2 aliphatic rings. The van der Waals surface area contributed by atoms with Crippen LogP contribution in [0.25, 0.3) is 32.8 Å². The number of halogens is 1. The highest BCUT2D eigenvalue weighted by Gasteiger charge is 2.31. The fourth-order valence-corrected chi connectivity index (χ4v) is 9.00. The Balaban J connectivity index is 1.27. The minimum atomic E-state index is -0.288. The topological polar surface area (TPSA) is 76.1 Å². The van der Waals surface area contributed by atoms with Gasteiger partial charge in [0.05, 0.1) is 24.6 Å². The molecule has 0 unspecified atom stereocenters. The van der Waals surface area contributed by atoms with Crippen LogP contribution in [0.15, 0.2) is 59.5 Å². The Morgan fingerprint density at radius 1 is 0.915 bits per heavy atom. The van der Waals surface area contributed by atoms with Gasteiger partial charge in [-0.05, 0) is 54.6 Å². The van der Waals surface area contributed by atoms with Gasteiger partial charge in [0.15, 0.2) is 0 Å². The highest BCUT2D eigenvalue weighted by molar-refractivity contribution is 7.98. The predicted octanol–water partition coefficient (Wildman–Crippen LogP) is 8.11. The van der Waals surface area contributed by atoms with E-state index in [0.29, 0.717) is 49.1 Å². The summed E-state index contributed by atoms with van der Waals surface area (Å²) in [7, 11) is 3.99. The molecule has 0 saturated carbocycles. The van der Waals surface area contributed by atoms with Crippen molar-refractivity contribution in [3.8, 4) is 16.9 Å². The number of thioether (sulfide) groups is 2. The van der Waals surface area contributed by atoms with E-state index in [1.807, 2.05) is 41.7 Å². The van der Waals surface area contributed by atoms with Gasteiger partial charge in [0.25, 0.3) is 0 Å². The lowest BCUT2D eigenvalue weighted by atomic mass is 9.95. The average molecular weight is 684 g/mol. The van der Waals surface area contributed by atoms with Crippen LogP contribution >= 0.6 is 35.1 Å². The number of aryl methyl sites for hydroxylation is 3. The zero-order chi connectivity index (χ0) is 32.2. The summed E-state index contributed by atoms with van der Waals surface area (Å²) in [5.74, 6) is 2.84. The van der Waals surface area contributed by atoms with E-state index in [4.69, 9.17) is 31.3 Å². The third-order valence-corrected chi connectivity index (χ3v) is 11.5.